The molecule has 3 N–H and O–H groups in total. The SMILES string of the molecule is CCNC(=O)COc1ccc(NC(=O)c2cccc(NC(=O)CCCc3cccs3)c2)cc1. The molecule has 0 unspecified atom stereocenters. The molecule has 0 fully saturated rings. The number of rotatable bonds is 11. The second-order valence-corrected chi connectivity index (χ2v) is 8.31. The van der Waals surface area contributed by atoms with Crippen LogP contribution in [0.2, 0.25) is 0 Å². The lowest BCUT2D eigenvalue weighted by Gasteiger charge is -2.10. The Morgan fingerprint density at radius 1 is 0.909 bits per heavy atom. The number of amides is 3. The normalized spacial score (nSPS) is 10.3. The van der Waals surface area contributed by atoms with Gasteiger partial charge in [-0.15, -0.1) is 11.3 Å². The molecule has 33 heavy (non-hydrogen) atoms. The number of hydrogen-bond donors (Lipinski definition) is 3. The van der Waals surface area contributed by atoms with E-state index in [-0.39, 0.29) is 24.3 Å². The molecular formula is C25H27N3O4S. The van der Waals surface area contributed by atoms with Gasteiger partial charge in [-0.3, -0.25) is 14.4 Å². The molecule has 0 bridgehead atoms. The lowest BCUT2D eigenvalue weighted by Crippen LogP contribution is -2.28. The van der Waals surface area contributed by atoms with Gasteiger partial charge in [-0.05, 0) is 73.7 Å². The third-order valence-electron chi connectivity index (χ3n) is 4.67. The predicted octanol–water partition coefficient (Wildman–Crippen LogP) is 4.48. The largest absolute Gasteiger partial charge is 0.484 e. The van der Waals surface area contributed by atoms with Crippen LogP contribution >= 0.6 is 11.3 Å². The van der Waals surface area contributed by atoms with E-state index in [4.69, 9.17) is 4.74 Å². The van der Waals surface area contributed by atoms with Gasteiger partial charge in [0.1, 0.15) is 5.75 Å². The van der Waals surface area contributed by atoms with E-state index in [0.717, 1.165) is 12.8 Å². The van der Waals surface area contributed by atoms with Crippen LogP contribution in [0.3, 0.4) is 0 Å². The van der Waals surface area contributed by atoms with Gasteiger partial charge in [0.15, 0.2) is 6.61 Å². The van der Waals surface area contributed by atoms with E-state index in [2.05, 4.69) is 22.0 Å². The van der Waals surface area contributed by atoms with E-state index in [1.54, 1.807) is 59.9 Å². The highest BCUT2D eigenvalue weighted by Gasteiger charge is 2.09. The van der Waals surface area contributed by atoms with E-state index in [1.807, 2.05) is 18.4 Å². The minimum atomic E-state index is -0.292. The first-order valence-corrected chi connectivity index (χ1v) is 11.6. The minimum absolute atomic E-state index is 0.0634. The number of carbonyl (C=O) groups is 3. The molecule has 8 heteroatoms. The van der Waals surface area contributed by atoms with E-state index >= 15 is 0 Å². The molecule has 0 aliphatic carbocycles. The van der Waals surface area contributed by atoms with Gasteiger partial charge in [0.05, 0.1) is 0 Å². The van der Waals surface area contributed by atoms with Crippen molar-refractivity contribution < 1.29 is 19.1 Å². The van der Waals surface area contributed by atoms with E-state index in [0.29, 0.717) is 35.7 Å². The average molecular weight is 466 g/mol. The highest BCUT2D eigenvalue weighted by molar-refractivity contribution is 7.09. The van der Waals surface area contributed by atoms with Gasteiger partial charge in [0.25, 0.3) is 11.8 Å². The Labute approximate surface area is 197 Å². The number of ether oxygens (including phenoxy) is 1. The average Bonchev–Trinajstić information content (AvgIpc) is 3.32. The fraction of sp³-hybridized carbons (Fsp3) is 0.240. The maximum Gasteiger partial charge on any atom is 0.257 e. The molecule has 0 saturated heterocycles. The number of aryl methyl sites for hydroxylation is 1. The Morgan fingerprint density at radius 2 is 1.73 bits per heavy atom. The number of hydrogen-bond acceptors (Lipinski definition) is 5. The Hall–Kier alpha value is -3.65. The van der Waals surface area contributed by atoms with Gasteiger partial charge in [-0.25, -0.2) is 0 Å². The first kappa shape index (κ1) is 24.0. The van der Waals surface area contributed by atoms with Crippen LogP contribution in [0.5, 0.6) is 5.75 Å². The number of likely N-dealkylation sites (N-methyl/N-ethyl adjacent to an activating group) is 1. The van der Waals surface area contributed by atoms with Crippen molar-refractivity contribution in [1.82, 2.24) is 5.32 Å². The molecule has 3 rings (SSSR count). The zero-order valence-corrected chi connectivity index (χ0v) is 19.2. The highest BCUT2D eigenvalue weighted by atomic mass is 32.1. The van der Waals surface area contributed by atoms with Crippen molar-refractivity contribution in [3.8, 4) is 5.75 Å². The molecular weight excluding hydrogens is 438 g/mol. The molecule has 1 heterocycles. The Kier molecular flexibility index (Phi) is 9.02. The van der Waals surface area contributed by atoms with Crippen LogP contribution in [0.1, 0.15) is 35.0 Å². The number of anilines is 2. The summed E-state index contributed by atoms with van der Waals surface area (Å²) in [7, 11) is 0. The van der Waals surface area contributed by atoms with E-state index in [1.165, 1.54) is 4.88 Å². The molecule has 0 atom stereocenters. The van der Waals surface area contributed by atoms with Crippen molar-refractivity contribution in [1.29, 1.82) is 0 Å². The van der Waals surface area contributed by atoms with Crippen molar-refractivity contribution in [2.75, 3.05) is 23.8 Å². The fourth-order valence-electron chi connectivity index (χ4n) is 3.07. The summed E-state index contributed by atoms with van der Waals surface area (Å²) in [6.07, 6.45) is 2.07. The molecule has 0 saturated carbocycles. The molecule has 2 aromatic carbocycles. The molecule has 172 valence electrons. The summed E-state index contributed by atoms with van der Waals surface area (Å²) in [6.45, 7) is 2.33. The van der Waals surface area contributed by atoms with E-state index < -0.39 is 0 Å². The summed E-state index contributed by atoms with van der Waals surface area (Å²) in [6, 6.07) is 17.7. The van der Waals surface area contributed by atoms with Crippen LogP contribution in [-0.4, -0.2) is 30.9 Å². The number of nitrogens with one attached hydrogen (secondary N) is 3. The standard InChI is InChI=1S/C25H27N3O4S/c1-2-26-24(30)17-32-21-13-11-19(12-14-21)28-25(31)18-6-3-7-20(16-18)27-23(29)10-4-8-22-9-5-15-33-22/h3,5-7,9,11-16H,2,4,8,10,17H2,1H3,(H,26,30)(H,27,29)(H,28,31). The van der Waals surface area contributed by atoms with Crippen molar-refractivity contribution in [3.63, 3.8) is 0 Å². The Morgan fingerprint density at radius 3 is 2.45 bits per heavy atom. The van der Waals surface area contributed by atoms with Gasteiger partial charge in [-0.2, -0.15) is 0 Å². The molecule has 7 nitrogen and oxygen atoms in total. The van der Waals surface area contributed by atoms with Crippen LogP contribution in [-0.2, 0) is 16.0 Å². The van der Waals surface area contributed by atoms with E-state index in [9.17, 15) is 14.4 Å². The van der Waals surface area contributed by atoms with Gasteiger partial charge >= 0.3 is 0 Å². The minimum Gasteiger partial charge on any atom is -0.484 e. The van der Waals surface area contributed by atoms with Crippen molar-refractivity contribution in [2.24, 2.45) is 0 Å². The maximum absolute atomic E-state index is 12.6. The fourth-order valence-corrected chi connectivity index (χ4v) is 3.83. The first-order chi connectivity index (χ1) is 16.0. The van der Waals surface area contributed by atoms with Crippen LogP contribution < -0.4 is 20.7 Å². The Balaban J connectivity index is 1.48. The van der Waals surface area contributed by atoms with Gasteiger partial charge in [0.2, 0.25) is 5.91 Å². The monoisotopic (exact) mass is 465 g/mol. The van der Waals surface area contributed by atoms with Crippen molar-refractivity contribution in [2.45, 2.75) is 26.2 Å². The van der Waals surface area contributed by atoms with Gasteiger partial charge in [-0.1, -0.05) is 12.1 Å². The number of carbonyl (C=O) groups excluding carboxylic acids is 3. The van der Waals surface area contributed by atoms with Crippen molar-refractivity contribution >= 4 is 40.4 Å². The molecule has 1 aromatic heterocycles. The number of thiophene rings is 1. The molecule has 0 aliphatic rings. The summed E-state index contributed by atoms with van der Waals surface area (Å²) >= 11 is 1.69. The molecule has 3 aromatic rings. The lowest BCUT2D eigenvalue weighted by atomic mass is 10.1. The van der Waals surface area contributed by atoms with Crippen LogP contribution in [0.4, 0.5) is 11.4 Å². The first-order valence-electron chi connectivity index (χ1n) is 10.8. The van der Waals surface area contributed by atoms with Crippen molar-refractivity contribution in [3.05, 3.63) is 76.5 Å². The van der Waals surface area contributed by atoms with Gasteiger partial charge in [0, 0.05) is 34.8 Å². The molecule has 0 aliphatic heterocycles. The van der Waals surface area contributed by atoms with Crippen LogP contribution in [0.25, 0.3) is 0 Å². The van der Waals surface area contributed by atoms with Gasteiger partial charge < -0.3 is 20.7 Å². The Bertz CT molecular complexity index is 1070. The molecule has 3 amide bonds. The topological polar surface area (TPSA) is 96.5 Å². The predicted molar refractivity (Wildman–Crippen MR) is 131 cm³/mol. The van der Waals surface area contributed by atoms with Crippen LogP contribution in [0.15, 0.2) is 66.0 Å². The zero-order chi connectivity index (χ0) is 23.5. The lowest BCUT2D eigenvalue weighted by molar-refractivity contribution is -0.123. The molecule has 0 spiro atoms. The quantitative estimate of drug-likeness (QED) is 0.389. The van der Waals surface area contributed by atoms with Crippen LogP contribution in [0, 0.1) is 0 Å². The summed E-state index contributed by atoms with van der Waals surface area (Å²) in [5.41, 5.74) is 1.61. The third kappa shape index (κ3) is 8.08. The highest BCUT2D eigenvalue weighted by Crippen LogP contribution is 2.18. The summed E-state index contributed by atoms with van der Waals surface area (Å²) < 4.78 is 5.40. The smallest absolute Gasteiger partial charge is 0.257 e. The molecule has 0 radical (unpaired) electrons. The zero-order valence-electron chi connectivity index (χ0n) is 18.4. The third-order valence-corrected chi connectivity index (χ3v) is 5.61. The summed E-state index contributed by atoms with van der Waals surface area (Å²) in [4.78, 5) is 37.6. The summed E-state index contributed by atoms with van der Waals surface area (Å²) in [5.74, 6) is -0.0282. The number of benzene rings is 2. The second-order valence-electron chi connectivity index (χ2n) is 7.28. The summed E-state index contributed by atoms with van der Waals surface area (Å²) in [5, 5.41) is 10.4. The maximum atomic E-state index is 12.6. The second kappa shape index (κ2) is 12.4.